The van der Waals surface area contributed by atoms with Crippen LogP contribution in [0.15, 0.2) is 65.9 Å². The van der Waals surface area contributed by atoms with Gasteiger partial charge in [0.25, 0.3) is 0 Å². The molecule has 1 fully saturated rings. The predicted molar refractivity (Wildman–Crippen MR) is 112 cm³/mol. The van der Waals surface area contributed by atoms with Gasteiger partial charge in [0.05, 0.1) is 6.21 Å². The Morgan fingerprint density at radius 1 is 1.04 bits per heavy atom. The molecule has 2 aliphatic rings. The van der Waals surface area contributed by atoms with Crippen LogP contribution in [0.25, 0.3) is 0 Å². The van der Waals surface area contributed by atoms with Crippen LogP contribution >= 0.6 is 0 Å². The van der Waals surface area contributed by atoms with Gasteiger partial charge in [0, 0.05) is 44.5 Å². The van der Waals surface area contributed by atoms with E-state index in [4.69, 9.17) is 0 Å². The SMILES string of the molecule is CN1CCN(Cc2ccc(C3c4ccccc4C=NN3C=CC=O)cc2)CC1. The number of carbonyl (C=O) groups excluding carboxylic acids is 1. The van der Waals surface area contributed by atoms with Crippen LogP contribution in [-0.2, 0) is 11.3 Å². The summed E-state index contributed by atoms with van der Waals surface area (Å²) < 4.78 is 0. The second kappa shape index (κ2) is 8.50. The van der Waals surface area contributed by atoms with Crippen LogP contribution in [0, 0.1) is 0 Å². The summed E-state index contributed by atoms with van der Waals surface area (Å²) in [4.78, 5) is 15.7. The summed E-state index contributed by atoms with van der Waals surface area (Å²) in [6.45, 7) is 5.49. The van der Waals surface area contributed by atoms with Crippen LogP contribution in [-0.4, -0.2) is 60.5 Å². The Hall–Kier alpha value is -2.76. The Labute approximate surface area is 166 Å². The first kappa shape index (κ1) is 18.6. The van der Waals surface area contributed by atoms with Gasteiger partial charge in [-0.25, -0.2) is 0 Å². The fourth-order valence-corrected chi connectivity index (χ4v) is 3.87. The highest BCUT2D eigenvalue weighted by Crippen LogP contribution is 2.34. The molecule has 0 N–H and O–H groups in total. The van der Waals surface area contributed by atoms with Gasteiger partial charge < -0.3 is 4.90 Å². The fraction of sp³-hybridized carbons (Fsp3) is 0.304. The first-order chi connectivity index (χ1) is 13.7. The molecular formula is C23H26N4O. The topological polar surface area (TPSA) is 39.1 Å². The summed E-state index contributed by atoms with van der Waals surface area (Å²) >= 11 is 0. The van der Waals surface area contributed by atoms with Gasteiger partial charge in [-0.05, 0) is 29.8 Å². The zero-order chi connectivity index (χ0) is 19.3. The molecule has 5 heteroatoms. The molecule has 2 aliphatic heterocycles. The zero-order valence-corrected chi connectivity index (χ0v) is 16.2. The maximum atomic E-state index is 10.8. The van der Waals surface area contributed by atoms with Gasteiger partial charge in [0.1, 0.15) is 12.3 Å². The van der Waals surface area contributed by atoms with Crippen molar-refractivity contribution in [2.24, 2.45) is 5.10 Å². The largest absolute Gasteiger partial charge is 0.304 e. The molecule has 28 heavy (non-hydrogen) atoms. The summed E-state index contributed by atoms with van der Waals surface area (Å²) in [6, 6.07) is 17.1. The van der Waals surface area contributed by atoms with E-state index in [1.807, 2.05) is 23.4 Å². The van der Waals surface area contributed by atoms with E-state index in [1.54, 1.807) is 6.20 Å². The third-order valence-electron chi connectivity index (χ3n) is 5.50. The quantitative estimate of drug-likeness (QED) is 0.596. The highest BCUT2D eigenvalue weighted by atomic mass is 16.1. The molecule has 2 aromatic rings. The number of nitrogens with zero attached hydrogens (tertiary/aromatic N) is 4. The minimum Gasteiger partial charge on any atom is -0.304 e. The van der Waals surface area contributed by atoms with E-state index in [1.165, 1.54) is 22.8 Å². The van der Waals surface area contributed by atoms with Crippen molar-refractivity contribution in [1.29, 1.82) is 0 Å². The van der Waals surface area contributed by atoms with Crippen molar-refractivity contribution in [3.8, 4) is 0 Å². The van der Waals surface area contributed by atoms with Crippen molar-refractivity contribution >= 4 is 12.5 Å². The van der Waals surface area contributed by atoms with Crippen molar-refractivity contribution in [3.63, 3.8) is 0 Å². The average Bonchev–Trinajstić information content (AvgIpc) is 2.74. The van der Waals surface area contributed by atoms with Crippen molar-refractivity contribution in [2.45, 2.75) is 12.6 Å². The fourth-order valence-electron chi connectivity index (χ4n) is 3.87. The number of hydrogen-bond acceptors (Lipinski definition) is 5. The van der Waals surface area contributed by atoms with E-state index >= 15 is 0 Å². The van der Waals surface area contributed by atoms with Crippen molar-refractivity contribution in [1.82, 2.24) is 14.8 Å². The number of carbonyl (C=O) groups is 1. The number of aldehydes is 1. The van der Waals surface area contributed by atoms with E-state index in [9.17, 15) is 4.79 Å². The number of fused-ring (bicyclic) bond motifs is 1. The lowest BCUT2D eigenvalue weighted by molar-refractivity contribution is -0.104. The standard InChI is InChI=1S/C23H26N4O/c1-25-12-14-26(15-13-25)18-19-7-9-20(10-8-19)23-22-6-3-2-5-21(22)17-24-27(23)11-4-16-28/h2-11,16-17,23H,12-15,18H2,1H3. The van der Waals surface area contributed by atoms with Crippen molar-refractivity contribution in [3.05, 3.63) is 83.1 Å². The maximum Gasteiger partial charge on any atom is 0.144 e. The van der Waals surface area contributed by atoms with E-state index in [0.717, 1.165) is 44.6 Å². The third-order valence-corrected chi connectivity index (χ3v) is 5.50. The van der Waals surface area contributed by atoms with Gasteiger partial charge in [-0.3, -0.25) is 14.7 Å². The number of rotatable bonds is 5. The second-order valence-corrected chi connectivity index (χ2v) is 7.45. The number of likely N-dealkylation sites (N-methyl/N-ethyl adjacent to an activating group) is 1. The Bertz CT molecular complexity index is 866. The van der Waals surface area contributed by atoms with Gasteiger partial charge in [0.2, 0.25) is 0 Å². The first-order valence-corrected chi connectivity index (χ1v) is 9.77. The van der Waals surface area contributed by atoms with Gasteiger partial charge >= 0.3 is 0 Å². The van der Waals surface area contributed by atoms with Gasteiger partial charge in [-0.1, -0.05) is 48.5 Å². The molecule has 0 amide bonds. The van der Waals surface area contributed by atoms with Crippen LogP contribution in [0.3, 0.4) is 0 Å². The maximum absolute atomic E-state index is 10.8. The summed E-state index contributed by atoms with van der Waals surface area (Å²) in [5.41, 5.74) is 4.81. The second-order valence-electron chi connectivity index (χ2n) is 7.45. The number of benzene rings is 2. The smallest absolute Gasteiger partial charge is 0.144 e. The average molecular weight is 374 g/mol. The Morgan fingerprint density at radius 2 is 1.79 bits per heavy atom. The van der Waals surface area contributed by atoms with E-state index < -0.39 is 0 Å². The van der Waals surface area contributed by atoms with Gasteiger partial charge in [-0.15, -0.1) is 0 Å². The highest BCUT2D eigenvalue weighted by molar-refractivity contribution is 5.83. The minimum atomic E-state index is -0.0323. The molecule has 0 spiro atoms. The molecule has 1 saturated heterocycles. The Morgan fingerprint density at radius 3 is 2.54 bits per heavy atom. The molecular weight excluding hydrogens is 348 g/mol. The lowest BCUT2D eigenvalue weighted by Gasteiger charge is -2.33. The first-order valence-electron chi connectivity index (χ1n) is 9.77. The molecule has 0 radical (unpaired) electrons. The molecule has 0 bridgehead atoms. The summed E-state index contributed by atoms with van der Waals surface area (Å²) in [5.74, 6) is 0. The minimum absolute atomic E-state index is 0.0323. The zero-order valence-electron chi connectivity index (χ0n) is 16.2. The molecule has 5 nitrogen and oxygen atoms in total. The third kappa shape index (κ3) is 4.06. The van der Waals surface area contributed by atoms with Crippen LogP contribution in [0.4, 0.5) is 0 Å². The Kier molecular flexibility index (Phi) is 5.65. The Balaban J connectivity index is 1.56. The molecule has 2 aromatic carbocycles. The van der Waals surface area contributed by atoms with Crippen molar-refractivity contribution < 1.29 is 4.79 Å². The van der Waals surface area contributed by atoms with Gasteiger partial charge in [0.15, 0.2) is 0 Å². The molecule has 1 atom stereocenters. The van der Waals surface area contributed by atoms with Crippen molar-refractivity contribution in [2.75, 3.05) is 33.2 Å². The molecule has 2 heterocycles. The lowest BCUT2D eigenvalue weighted by atomic mass is 9.92. The van der Waals surface area contributed by atoms with E-state index in [-0.39, 0.29) is 6.04 Å². The van der Waals surface area contributed by atoms with Crippen LogP contribution in [0.5, 0.6) is 0 Å². The molecule has 0 saturated carbocycles. The van der Waals surface area contributed by atoms with Crippen LogP contribution in [0.2, 0.25) is 0 Å². The molecule has 144 valence electrons. The number of hydrogen-bond donors (Lipinski definition) is 0. The lowest BCUT2D eigenvalue weighted by Crippen LogP contribution is -2.43. The summed E-state index contributed by atoms with van der Waals surface area (Å²) in [5, 5.41) is 6.39. The monoisotopic (exact) mass is 374 g/mol. The highest BCUT2D eigenvalue weighted by Gasteiger charge is 2.25. The van der Waals surface area contributed by atoms with Crippen LogP contribution in [0.1, 0.15) is 28.3 Å². The number of piperazine rings is 1. The normalized spacial score (nSPS) is 20.5. The van der Waals surface area contributed by atoms with E-state index in [2.05, 4.69) is 58.3 Å². The molecule has 1 unspecified atom stereocenters. The molecule has 0 aromatic heterocycles. The number of hydrazone groups is 1. The van der Waals surface area contributed by atoms with Crippen LogP contribution < -0.4 is 0 Å². The molecule has 0 aliphatic carbocycles. The predicted octanol–water partition coefficient (Wildman–Crippen LogP) is 2.89. The summed E-state index contributed by atoms with van der Waals surface area (Å²) in [7, 11) is 2.18. The molecule has 4 rings (SSSR count). The van der Waals surface area contributed by atoms with E-state index in [0.29, 0.717) is 0 Å². The number of allylic oxidation sites excluding steroid dienone is 1. The summed E-state index contributed by atoms with van der Waals surface area (Å²) in [6.07, 6.45) is 5.86. The van der Waals surface area contributed by atoms with Gasteiger partial charge in [-0.2, -0.15) is 5.10 Å².